The van der Waals surface area contributed by atoms with Gasteiger partial charge < -0.3 is 24.0 Å². The second-order valence-electron chi connectivity index (χ2n) is 9.79. The number of piperidine rings is 1. The Kier molecular flexibility index (Phi) is 7.16. The number of anilines is 1. The molecule has 1 aromatic heterocycles. The van der Waals surface area contributed by atoms with Gasteiger partial charge in [-0.25, -0.2) is 9.78 Å². The highest BCUT2D eigenvalue weighted by atomic mass is 32.1. The van der Waals surface area contributed by atoms with Gasteiger partial charge in [-0.1, -0.05) is 30.3 Å². The molecule has 38 heavy (non-hydrogen) atoms. The summed E-state index contributed by atoms with van der Waals surface area (Å²) in [6.45, 7) is 3.44. The molecule has 196 valence electrons. The number of carbonyl (C=O) groups is 1. The maximum Gasteiger partial charge on any atom is 0.410 e. The third-order valence-electron chi connectivity index (χ3n) is 7.21. The molecule has 0 unspecified atom stereocenters. The van der Waals surface area contributed by atoms with E-state index in [0.29, 0.717) is 19.7 Å². The Morgan fingerprint density at radius 3 is 2.47 bits per heavy atom. The Bertz CT molecular complexity index is 1380. The average Bonchev–Trinajstić information content (AvgIpc) is 3.38. The molecule has 2 aliphatic rings. The molecule has 2 fully saturated rings. The zero-order valence-electron chi connectivity index (χ0n) is 21.4. The van der Waals surface area contributed by atoms with Crippen LogP contribution in [-0.2, 0) is 16.1 Å². The van der Waals surface area contributed by atoms with E-state index in [2.05, 4.69) is 29.2 Å². The van der Waals surface area contributed by atoms with E-state index in [0.717, 1.165) is 58.0 Å². The van der Waals surface area contributed by atoms with Crippen LogP contribution in [0.4, 0.5) is 10.5 Å². The van der Waals surface area contributed by atoms with Crippen LogP contribution in [-0.4, -0.2) is 61.5 Å². The summed E-state index contributed by atoms with van der Waals surface area (Å²) in [6.07, 6.45) is 1.88. The first-order chi connectivity index (χ1) is 18.6. The summed E-state index contributed by atoms with van der Waals surface area (Å²) in [5, 5.41) is 1.01. The van der Waals surface area contributed by atoms with Crippen molar-refractivity contribution < 1.29 is 19.0 Å². The maximum absolute atomic E-state index is 12.4. The van der Waals surface area contributed by atoms with Gasteiger partial charge in [0.1, 0.15) is 17.4 Å². The van der Waals surface area contributed by atoms with Crippen LogP contribution in [0.15, 0.2) is 72.8 Å². The molecule has 1 amide bonds. The first-order valence-electron chi connectivity index (χ1n) is 13.1. The number of ether oxygens (including phenoxy) is 3. The molecular weight excluding hydrogens is 498 g/mol. The zero-order chi connectivity index (χ0) is 25.9. The summed E-state index contributed by atoms with van der Waals surface area (Å²) in [6, 6.07) is 24.4. The largest absolute Gasteiger partial charge is 0.497 e. The number of methoxy groups -OCH3 is 1. The SMILES string of the molecule is COc1ccc2nc(-c3ccc(N4CC(OC5CCN(C(=O)OCc6ccccc6)CC5)C4)cc3)sc2c1. The van der Waals surface area contributed by atoms with Crippen molar-refractivity contribution >= 4 is 33.3 Å². The molecule has 4 aromatic rings. The number of benzene rings is 3. The highest BCUT2D eigenvalue weighted by Crippen LogP contribution is 2.34. The molecule has 0 saturated carbocycles. The van der Waals surface area contributed by atoms with Crippen molar-refractivity contribution in [1.82, 2.24) is 9.88 Å². The summed E-state index contributed by atoms with van der Waals surface area (Å²) < 4.78 is 18.3. The minimum Gasteiger partial charge on any atom is -0.497 e. The van der Waals surface area contributed by atoms with Crippen molar-refractivity contribution in [2.75, 3.05) is 38.2 Å². The van der Waals surface area contributed by atoms with Gasteiger partial charge in [0, 0.05) is 37.4 Å². The van der Waals surface area contributed by atoms with Gasteiger partial charge in [-0.05, 0) is 60.9 Å². The van der Waals surface area contributed by atoms with E-state index < -0.39 is 0 Å². The Labute approximate surface area is 226 Å². The monoisotopic (exact) mass is 529 g/mol. The standard InChI is InChI=1S/C30H31N3O4S/c1-35-25-11-12-27-28(17-25)38-29(31-27)22-7-9-23(10-8-22)33-18-26(19-33)37-24-13-15-32(16-14-24)30(34)36-20-21-5-3-2-4-6-21/h2-12,17,24,26H,13-16,18-20H2,1H3. The van der Waals surface area contributed by atoms with Crippen LogP contribution in [0.2, 0.25) is 0 Å². The van der Waals surface area contributed by atoms with Crippen molar-refractivity contribution in [3.63, 3.8) is 0 Å². The number of aromatic nitrogens is 1. The summed E-state index contributed by atoms with van der Waals surface area (Å²) in [5.41, 5.74) is 4.32. The van der Waals surface area contributed by atoms with Gasteiger partial charge in [-0.15, -0.1) is 11.3 Å². The van der Waals surface area contributed by atoms with Gasteiger partial charge in [0.25, 0.3) is 0 Å². The molecule has 2 saturated heterocycles. The van der Waals surface area contributed by atoms with Crippen LogP contribution in [0.1, 0.15) is 18.4 Å². The van der Waals surface area contributed by atoms with Gasteiger partial charge in [-0.2, -0.15) is 0 Å². The molecular formula is C30H31N3O4S. The second kappa shape index (κ2) is 11.0. The third kappa shape index (κ3) is 5.47. The van der Waals surface area contributed by atoms with E-state index in [-0.39, 0.29) is 18.3 Å². The number of hydrogen-bond acceptors (Lipinski definition) is 7. The average molecular weight is 530 g/mol. The number of amides is 1. The van der Waals surface area contributed by atoms with E-state index in [1.165, 1.54) is 5.69 Å². The minimum atomic E-state index is -0.240. The van der Waals surface area contributed by atoms with Crippen molar-refractivity contribution in [1.29, 1.82) is 0 Å². The van der Waals surface area contributed by atoms with Crippen molar-refractivity contribution in [2.24, 2.45) is 0 Å². The number of hydrogen-bond donors (Lipinski definition) is 0. The van der Waals surface area contributed by atoms with Gasteiger partial charge in [-0.3, -0.25) is 0 Å². The normalized spacial score (nSPS) is 16.4. The van der Waals surface area contributed by atoms with Crippen LogP contribution in [0, 0.1) is 0 Å². The summed E-state index contributed by atoms with van der Waals surface area (Å²) in [5.74, 6) is 0.851. The lowest BCUT2D eigenvalue weighted by Crippen LogP contribution is -2.54. The fourth-order valence-corrected chi connectivity index (χ4v) is 5.96. The lowest BCUT2D eigenvalue weighted by molar-refractivity contribution is -0.0516. The van der Waals surface area contributed by atoms with E-state index in [9.17, 15) is 4.79 Å². The van der Waals surface area contributed by atoms with Crippen LogP contribution < -0.4 is 9.64 Å². The number of nitrogens with zero attached hydrogens (tertiary/aromatic N) is 3. The molecule has 0 aliphatic carbocycles. The fraction of sp³-hybridized carbons (Fsp3) is 0.333. The Morgan fingerprint density at radius 1 is 0.974 bits per heavy atom. The highest BCUT2D eigenvalue weighted by Gasteiger charge is 2.32. The summed E-state index contributed by atoms with van der Waals surface area (Å²) in [4.78, 5) is 21.3. The quantitative estimate of drug-likeness (QED) is 0.294. The minimum absolute atomic E-state index is 0.195. The van der Waals surface area contributed by atoms with E-state index in [4.69, 9.17) is 19.2 Å². The van der Waals surface area contributed by atoms with Crippen LogP contribution in [0.25, 0.3) is 20.8 Å². The van der Waals surface area contributed by atoms with Crippen molar-refractivity contribution in [2.45, 2.75) is 31.7 Å². The number of likely N-dealkylation sites (tertiary alicyclic amines) is 1. The Balaban J connectivity index is 0.946. The van der Waals surface area contributed by atoms with Crippen LogP contribution in [0.3, 0.4) is 0 Å². The molecule has 0 spiro atoms. The Hall–Kier alpha value is -3.62. The maximum atomic E-state index is 12.4. The lowest BCUT2D eigenvalue weighted by Gasteiger charge is -2.43. The van der Waals surface area contributed by atoms with Crippen molar-refractivity contribution in [3.05, 3.63) is 78.4 Å². The predicted molar refractivity (Wildman–Crippen MR) is 150 cm³/mol. The van der Waals surface area contributed by atoms with E-state index in [1.807, 2.05) is 48.5 Å². The number of thiazole rings is 1. The second-order valence-corrected chi connectivity index (χ2v) is 10.8. The zero-order valence-corrected chi connectivity index (χ0v) is 22.2. The topological polar surface area (TPSA) is 64.1 Å². The molecule has 7 nitrogen and oxygen atoms in total. The number of fused-ring (bicyclic) bond motifs is 1. The molecule has 0 N–H and O–H groups in total. The molecule has 2 aliphatic heterocycles. The van der Waals surface area contributed by atoms with Crippen molar-refractivity contribution in [3.8, 4) is 16.3 Å². The molecule has 6 rings (SSSR count). The molecule has 3 aromatic carbocycles. The first kappa shape index (κ1) is 24.7. The molecule has 0 bridgehead atoms. The molecule has 0 atom stereocenters. The predicted octanol–water partition coefficient (Wildman–Crippen LogP) is 5.98. The van der Waals surface area contributed by atoms with E-state index >= 15 is 0 Å². The fourth-order valence-electron chi connectivity index (χ4n) is 4.96. The Morgan fingerprint density at radius 2 is 1.74 bits per heavy atom. The van der Waals surface area contributed by atoms with E-state index in [1.54, 1.807) is 23.3 Å². The number of rotatable bonds is 7. The van der Waals surface area contributed by atoms with Gasteiger partial charge in [0.15, 0.2) is 0 Å². The molecule has 8 heteroatoms. The van der Waals surface area contributed by atoms with Gasteiger partial charge >= 0.3 is 6.09 Å². The third-order valence-corrected chi connectivity index (χ3v) is 8.28. The first-order valence-corrected chi connectivity index (χ1v) is 13.9. The highest BCUT2D eigenvalue weighted by molar-refractivity contribution is 7.21. The summed E-state index contributed by atoms with van der Waals surface area (Å²) in [7, 11) is 1.68. The molecule has 3 heterocycles. The molecule has 0 radical (unpaired) electrons. The summed E-state index contributed by atoms with van der Waals surface area (Å²) >= 11 is 1.68. The van der Waals surface area contributed by atoms with Gasteiger partial charge in [0.05, 0.1) is 29.5 Å². The lowest BCUT2D eigenvalue weighted by atomic mass is 10.1. The smallest absolute Gasteiger partial charge is 0.410 e. The number of carbonyl (C=O) groups excluding carboxylic acids is 1. The van der Waals surface area contributed by atoms with Crippen LogP contribution in [0.5, 0.6) is 5.75 Å². The van der Waals surface area contributed by atoms with Gasteiger partial charge in [0.2, 0.25) is 0 Å². The van der Waals surface area contributed by atoms with Crippen LogP contribution >= 0.6 is 11.3 Å².